The van der Waals surface area contributed by atoms with E-state index in [0.29, 0.717) is 5.56 Å². The number of aryl methyl sites for hydroxylation is 1. The van der Waals surface area contributed by atoms with Crippen LogP contribution in [0.5, 0.6) is 0 Å². The number of β-amino-alcohol motifs (C(OH)–C–C–N with tert-alkyl or cyclic N) is 1. The van der Waals surface area contributed by atoms with Gasteiger partial charge in [-0.05, 0) is 36.6 Å². The summed E-state index contributed by atoms with van der Waals surface area (Å²) in [6.45, 7) is 4.62. The summed E-state index contributed by atoms with van der Waals surface area (Å²) >= 11 is 0. The molecule has 1 heterocycles. The minimum Gasteiger partial charge on any atom is -0.392 e. The lowest BCUT2D eigenvalue weighted by atomic mass is 10.1. The van der Waals surface area contributed by atoms with E-state index in [-0.39, 0.29) is 6.10 Å². The van der Waals surface area contributed by atoms with Gasteiger partial charge in [-0.15, -0.1) is 0 Å². The highest BCUT2D eigenvalue weighted by atomic mass is 16.3. The molecule has 84 valence electrons. The van der Waals surface area contributed by atoms with Gasteiger partial charge in [0.15, 0.2) is 0 Å². The first-order valence-corrected chi connectivity index (χ1v) is 5.59. The average Bonchev–Trinajstić information content (AvgIpc) is 2.67. The van der Waals surface area contributed by atoms with Crippen molar-refractivity contribution in [1.82, 2.24) is 4.90 Å². The summed E-state index contributed by atoms with van der Waals surface area (Å²) in [7, 11) is 0. The quantitative estimate of drug-likeness (QED) is 0.813. The van der Waals surface area contributed by atoms with Gasteiger partial charge in [0.2, 0.25) is 0 Å². The second kappa shape index (κ2) is 4.65. The molecule has 1 N–H and O–H groups in total. The van der Waals surface area contributed by atoms with Crippen molar-refractivity contribution >= 4 is 0 Å². The molecule has 0 amide bonds. The van der Waals surface area contributed by atoms with Crippen LogP contribution < -0.4 is 0 Å². The molecule has 0 spiro atoms. The number of hydrogen-bond donors (Lipinski definition) is 1. The summed E-state index contributed by atoms with van der Waals surface area (Å²) in [6, 6.07) is 7.93. The maximum atomic E-state index is 9.44. The third-order valence-corrected chi connectivity index (χ3v) is 3.11. The standard InChI is InChI=1S/C13H16N2O/c1-10-6-11(7-14)2-3-12(10)8-15-5-4-13(16)9-15/h2-3,6,13,16H,4-5,8-9H2,1H3/t13-/m0/s1. The van der Waals surface area contributed by atoms with Crippen LogP contribution in [0.4, 0.5) is 0 Å². The Labute approximate surface area is 95.9 Å². The molecular formula is C13H16N2O. The van der Waals surface area contributed by atoms with E-state index in [2.05, 4.69) is 11.0 Å². The van der Waals surface area contributed by atoms with Crippen LogP contribution in [0.2, 0.25) is 0 Å². The Bertz CT molecular complexity index is 422. The van der Waals surface area contributed by atoms with Crippen molar-refractivity contribution in [2.24, 2.45) is 0 Å². The maximum absolute atomic E-state index is 9.44. The maximum Gasteiger partial charge on any atom is 0.0991 e. The first kappa shape index (κ1) is 11.1. The molecule has 3 heteroatoms. The van der Waals surface area contributed by atoms with Crippen LogP contribution in [0.25, 0.3) is 0 Å². The number of benzene rings is 1. The lowest BCUT2D eigenvalue weighted by Crippen LogP contribution is -2.21. The molecule has 1 aliphatic heterocycles. The zero-order chi connectivity index (χ0) is 11.5. The van der Waals surface area contributed by atoms with E-state index in [1.54, 1.807) is 0 Å². The van der Waals surface area contributed by atoms with E-state index in [1.807, 2.05) is 25.1 Å². The van der Waals surface area contributed by atoms with Crippen molar-refractivity contribution in [3.63, 3.8) is 0 Å². The van der Waals surface area contributed by atoms with Gasteiger partial charge in [0.1, 0.15) is 0 Å². The molecule has 1 fully saturated rings. The number of nitriles is 1. The fourth-order valence-corrected chi connectivity index (χ4v) is 2.14. The normalized spacial score (nSPS) is 20.9. The van der Waals surface area contributed by atoms with Crippen molar-refractivity contribution < 1.29 is 5.11 Å². The van der Waals surface area contributed by atoms with Gasteiger partial charge in [-0.2, -0.15) is 5.26 Å². The lowest BCUT2D eigenvalue weighted by Gasteiger charge is -2.16. The van der Waals surface area contributed by atoms with Gasteiger partial charge in [0, 0.05) is 19.6 Å². The summed E-state index contributed by atoms with van der Waals surface area (Å²) in [5.74, 6) is 0. The van der Waals surface area contributed by atoms with E-state index < -0.39 is 0 Å². The molecule has 1 atom stereocenters. The Kier molecular flexibility index (Phi) is 3.23. The fourth-order valence-electron chi connectivity index (χ4n) is 2.14. The summed E-state index contributed by atoms with van der Waals surface area (Å²) in [6.07, 6.45) is 0.702. The van der Waals surface area contributed by atoms with Crippen molar-refractivity contribution in [2.75, 3.05) is 13.1 Å². The summed E-state index contributed by atoms with van der Waals surface area (Å²) in [5.41, 5.74) is 3.11. The highest BCUT2D eigenvalue weighted by molar-refractivity contribution is 5.37. The predicted molar refractivity (Wildman–Crippen MR) is 61.8 cm³/mol. The molecule has 0 saturated carbocycles. The van der Waals surface area contributed by atoms with Crippen molar-refractivity contribution in [3.8, 4) is 6.07 Å². The number of hydrogen-bond acceptors (Lipinski definition) is 3. The Balaban J connectivity index is 2.08. The molecule has 1 aromatic rings. The van der Waals surface area contributed by atoms with Gasteiger partial charge in [-0.1, -0.05) is 6.07 Å². The third-order valence-electron chi connectivity index (χ3n) is 3.11. The van der Waals surface area contributed by atoms with E-state index in [1.165, 1.54) is 5.56 Å². The predicted octanol–water partition coefficient (Wildman–Crippen LogP) is 1.43. The van der Waals surface area contributed by atoms with Gasteiger partial charge in [0.05, 0.1) is 17.7 Å². The monoisotopic (exact) mass is 216 g/mol. The second-order valence-corrected chi connectivity index (χ2v) is 4.43. The Morgan fingerprint density at radius 2 is 2.38 bits per heavy atom. The Morgan fingerprint density at radius 1 is 1.56 bits per heavy atom. The molecule has 0 radical (unpaired) electrons. The highest BCUT2D eigenvalue weighted by Gasteiger charge is 2.20. The molecule has 1 aliphatic rings. The van der Waals surface area contributed by atoms with Crippen molar-refractivity contribution in [1.29, 1.82) is 5.26 Å². The first-order valence-electron chi connectivity index (χ1n) is 5.59. The zero-order valence-electron chi connectivity index (χ0n) is 9.48. The van der Waals surface area contributed by atoms with Gasteiger partial charge in [0.25, 0.3) is 0 Å². The number of rotatable bonds is 2. The summed E-state index contributed by atoms with van der Waals surface area (Å²) in [5, 5.41) is 18.2. The fraction of sp³-hybridized carbons (Fsp3) is 0.462. The highest BCUT2D eigenvalue weighted by Crippen LogP contribution is 2.17. The molecule has 1 aromatic carbocycles. The van der Waals surface area contributed by atoms with Gasteiger partial charge >= 0.3 is 0 Å². The molecule has 0 aliphatic carbocycles. The van der Waals surface area contributed by atoms with E-state index >= 15 is 0 Å². The van der Waals surface area contributed by atoms with E-state index in [9.17, 15) is 5.11 Å². The van der Waals surface area contributed by atoms with Crippen LogP contribution in [-0.2, 0) is 6.54 Å². The molecule has 16 heavy (non-hydrogen) atoms. The third kappa shape index (κ3) is 2.41. The molecule has 0 bridgehead atoms. The number of nitrogens with zero attached hydrogens (tertiary/aromatic N) is 2. The SMILES string of the molecule is Cc1cc(C#N)ccc1CN1CC[C@H](O)C1. The van der Waals surface area contributed by atoms with Crippen LogP contribution >= 0.6 is 0 Å². The van der Waals surface area contributed by atoms with Crippen LogP contribution in [0.3, 0.4) is 0 Å². The van der Waals surface area contributed by atoms with Crippen LogP contribution in [0.15, 0.2) is 18.2 Å². The molecular weight excluding hydrogens is 200 g/mol. The van der Waals surface area contributed by atoms with Crippen LogP contribution in [-0.4, -0.2) is 29.2 Å². The van der Waals surface area contributed by atoms with Gasteiger partial charge in [-0.3, -0.25) is 4.90 Å². The van der Waals surface area contributed by atoms with E-state index in [0.717, 1.165) is 31.6 Å². The molecule has 2 rings (SSSR count). The van der Waals surface area contributed by atoms with Gasteiger partial charge in [-0.25, -0.2) is 0 Å². The summed E-state index contributed by atoms with van der Waals surface area (Å²) < 4.78 is 0. The molecule has 1 saturated heterocycles. The lowest BCUT2D eigenvalue weighted by molar-refractivity contribution is 0.174. The molecule has 0 aromatic heterocycles. The topological polar surface area (TPSA) is 47.3 Å². The minimum atomic E-state index is -0.168. The van der Waals surface area contributed by atoms with Crippen molar-refractivity contribution in [3.05, 3.63) is 34.9 Å². The molecule has 3 nitrogen and oxygen atoms in total. The first-order chi connectivity index (χ1) is 7.69. The molecule has 0 unspecified atom stereocenters. The zero-order valence-corrected chi connectivity index (χ0v) is 9.48. The largest absolute Gasteiger partial charge is 0.392 e. The number of likely N-dealkylation sites (tertiary alicyclic amines) is 1. The van der Waals surface area contributed by atoms with Crippen LogP contribution in [0, 0.1) is 18.3 Å². The smallest absolute Gasteiger partial charge is 0.0991 e. The van der Waals surface area contributed by atoms with Crippen LogP contribution in [0.1, 0.15) is 23.1 Å². The Morgan fingerprint density at radius 3 is 2.94 bits per heavy atom. The number of aliphatic hydroxyl groups excluding tert-OH is 1. The Hall–Kier alpha value is -1.37. The summed E-state index contributed by atoms with van der Waals surface area (Å²) in [4.78, 5) is 2.25. The average molecular weight is 216 g/mol. The van der Waals surface area contributed by atoms with Crippen molar-refractivity contribution in [2.45, 2.75) is 26.0 Å². The van der Waals surface area contributed by atoms with E-state index in [4.69, 9.17) is 5.26 Å². The minimum absolute atomic E-state index is 0.168. The number of aliphatic hydroxyl groups is 1. The van der Waals surface area contributed by atoms with Gasteiger partial charge < -0.3 is 5.11 Å². The second-order valence-electron chi connectivity index (χ2n) is 4.43.